The Hall–Kier alpha value is -1.77. The lowest BCUT2D eigenvalue weighted by molar-refractivity contribution is 0.511. The van der Waals surface area contributed by atoms with E-state index >= 15 is 0 Å². The molecule has 0 radical (unpaired) electrons. The first-order valence-corrected chi connectivity index (χ1v) is 5.62. The van der Waals surface area contributed by atoms with E-state index in [1.165, 1.54) is 6.07 Å². The van der Waals surface area contributed by atoms with E-state index in [0.717, 1.165) is 24.6 Å². The normalized spacial score (nSPS) is 10.5. The number of halogens is 2. The molecule has 1 aromatic carbocycles. The average Bonchev–Trinajstić information content (AvgIpc) is 2.34. The minimum Gasteiger partial charge on any atom is -0.261 e. The van der Waals surface area contributed by atoms with Crippen LogP contribution in [-0.2, 0) is 6.42 Å². The van der Waals surface area contributed by atoms with Gasteiger partial charge in [-0.3, -0.25) is 4.98 Å². The summed E-state index contributed by atoms with van der Waals surface area (Å²) >= 11 is 0. The van der Waals surface area contributed by atoms with Gasteiger partial charge in [0.2, 0.25) is 0 Å². The Bertz CT molecular complexity index is 523. The molecule has 1 aromatic heterocycles. The minimum absolute atomic E-state index is 0.279. The Kier molecular flexibility index (Phi) is 3.47. The van der Waals surface area contributed by atoms with E-state index in [2.05, 4.69) is 4.98 Å². The van der Waals surface area contributed by atoms with Crippen LogP contribution in [0, 0.1) is 11.6 Å². The van der Waals surface area contributed by atoms with Crippen molar-refractivity contribution in [2.75, 3.05) is 0 Å². The van der Waals surface area contributed by atoms with E-state index in [1.54, 1.807) is 24.4 Å². The van der Waals surface area contributed by atoms with E-state index in [0.29, 0.717) is 5.56 Å². The zero-order valence-corrected chi connectivity index (χ0v) is 9.58. The van der Waals surface area contributed by atoms with Crippen molar-refractivity contribution in [2.45, 2.75) is 19.8 Å². The van der Waals surface area contributed by atoms with Gasteiger partial charge in [-0.15, -0.1) is 0 Å². The molecule has 0 aliphatic rings. The van der Waals surface area contributed by atoms with Crippen LogP contribution in [-0.4, -0.2) is 4.98 Å². The highest BCUT2D eigenvalue weighted by Gasteiger charge is 2.12. The second-order valence-corrected chi connectivity index (χ2v) is 3.85. The number of aryl methyl sites for hydroxylation is 1. The first-order chi connectivity index (χ1) is 8.24. The number of rotatable bonds is 3. The first-order valence-electron chi connectivity index (χ1n) is 5.62. The molecule has 0 atom stereocenters. The van der Waals surface area contributed by atoms with Crippen LogP contribution in [0.1, 0.15) is 19.0 Å². The van der Waals surface area contributed by atoms with E-state index in [9.17, 15) is 8.78 Å². The molecule has 0 bridgehead atoms. The third-order valence-corrected chi connectivity index (χ3v) is 2.62. The second-order valence-electron chi connectivity index (χ2n) is 3.85. The summed E-state index contributed by atoms with van der Waals surface area (Å²) in [6.45, 7) is 2.03. The van der Waals surface area contributed by atoms with Gasteiger partial charge in [0, 0.05) is 23.0 Å². The van der Waals surface area contributed by atoms with E-state index in [-0.39, 0.29) is 5.56 Å². The summed E-state index contributed by atoms with van der Waals surface area (Å²) in [5, 5.41) is 0. The molecule has 0 spiro atoms. The van der Waals surface area contributed by atoms with E-state index < -0.39 is 11.6 Å². The Labute approximate surface area is 99.1 Å². The molecule has 2 rings (SSSR count). The van der Waals surface area contributed by atoms with Gasteiger partial charge in [-0.2, -0.15) is 0 Å². The maximum absolute atomic E-state index is 13.7. The fourth-order valence-electron chi connectivity index (χ4n) is 1.83. The van der Waals surface area contributed by atoms with Crippen molar-refractivity contribution in [1.82, 2.24) is 4.98 Å². The smallest absolute Gasteiger partial charge is 0.166 e. The third-order valence-electron chi connectivity index (χ3n) is 2.62. The third kappa shape index (κ3) is 2.33. The largest absolute Gasteiger partial charge is 0.261 e. The lowest BCUT2D eigenvalue weighted by atomic mass is 10.0. The number of aromatic nitrogens is 1. The predicted octanol–water partition coefficient (Wildman–Crippen LogP) is 3.98. The lowest BCUT2D eigenvalue weighted by Gasteiger charge is -2.08. The summed E-state index contributed by atoms with van der Waals surface area (Å²) in [6.07, 6.45) is 3.35. The Balaban J connectivity index is 2.56. The fourth-order valence-corrected chi connectivity index (χ4v) is 1.83. The number of nitrogens with zero attached hydrogens (tertiary/aromatic N) is 1. The summed E-state index contributed by atoms with van der Waals surface area (Å²) < 4.78 is 26.9. The molecule has 0 amide bonds. The van der Waals surface area contributed by atoms with Crippen molar-refractivity contribution in [1.29, 1.82) is 0 Å². The summed E-state index contributed by atoms with van der Waals surface area (Å²) in [6, 6.07) is 7.72. The van der Waals surface area contributed by atoms with Crippen molar-refractivity contribution >= 4 is 0 Å². The minimum atomic E-state index is -0.825. The SMILES string of the molecule is CCCc1ncccc1-c1cccc(F)c1F. The van der Waals surface area contributed by atoms with Crippen LogP contribution < -0.4 is 0 Å². The Morgan fingerprint density at radius 1 is 1.06 bits per heavy atom. The number of pyridine rings is 1. The molecule has 0 unspecified atom stereocenters. The van der Waals surface area contributed by atoms with Crippen molar-refractivity contribution in [3.8, 4) is 11.1 Å². The van der Waals surface area contributed by atoms with E-state index in [1.807, 2.05) is 6.92 Å². The molecule has 0 saturated carbocycles. The van der Waals surface area contributed by atoms with Crippen LogP contribution >= 0.6 is 0 Å². The maximum Gasteiger partial charge on any atom is 0.166 e. The quantitative estimate of drug-likeness (QED) is 0.781. The van der Waals surface area contributed by atoms with E-state index in [4.69, 9.17) is 0 Å². The number of hydrogen-bond acceptors (Lipinski definition) is 1. The van der Waals surface area contributed by atoms with Crippen LogP contribution in [0.5, 0.6) is 0 Å². The zero-order valence-electron chi connectivity index (χ0n) is 9.58. The molecule has 1 nitrogen and oxygen atoms in total. The van der Waals surface area contributed by atoms with Crippen LogP contribution in [0.2, 0.25) is 0 Å². The van der Waals surface area contributed by atoms with Gasteiger partial charge in [-0.05, 0) is 18.6 Å². The van der Waals surface area contributed by atoms with Gasteiger partial charge < -0.3 is 0 Å². The molecule has 0 aliphatic carbocycles. The molecule has 3 heteroatoms. The summed E-state index contributed by atoms with van der Waals surface area (Å²) in [4.78, 5) is 4.23. The zero-order chi connectivity index (χ0) is 12.3. The molecule has 1 heterocycles. The number of hydrogen-bond donors (Lipinski definition) is 0. The summed E-state index contributed by atoms with van der Waals surface area (Å²) in [7, 11) is 0. The lowest BCUT2D eigenvalue weighted by Crippen LogP contribution is -1.96. The fraction of sp³-hybridized carbons (Fsp3) is 0.214. The highest BCUT2D eigenvalue weighted by molar-refractivity contribution is 5.66. The van der Waals surface area contributed by atoms with Gasteiger partial charge >= 0.3 is 0 Å². The van der Waals surface area contributed by atoms with Gasteiger partial charge in [-0.25, -0.2) is 8.78 Å². The molecule has 17 heavy (non-hydrogen) atoms. The van der Waals surface area contributed by atoms with Gasteiger partial charge in [0.1, 0.15) is 0 Å². The van der Waals surface area contributed by atoms with Crippen molar-refractivity contribution < 1.29 is 8.78 Å². The molecule has 0 aliphatic heterocycles. The molecular formula is C14H13F2N. The van der Waals surface area contributed by atoms with Gasteiger partial charge in [-0.1, -0.05) is 31.5 Å². The van der Waals surface area contributed by atoms with Crippen LogP contribution in [0.3, 0.4) is 0 Å². The topological polar surface area (TPSA) is 12.9 Å². The Morgan fingerprint density at radius 3 is 2.59 bits per heavy atom. The van der Waals surface area contributed by atoms with Crippen molar-refractivity contribution in [3.63, 3.8) is 0 Å². The van der Waals surface area contributed by atoms with Gasteiger partial charge in [0.15, 0.2) is 11.6 Å². The standard InChI is InChI=1S/C14H13F2N/c1-2-5-13-10(7-4-9-17-13)11-6-3-8-12(15)14(11)16/h3-4,6-9H,2,5H2,1H3. The average molecular weight is 233 g/mol. The number of benzene rings is 1. The Morgan fingerprint density at radius 2 is 1.82 bits per heavy atom. The molecule has 2 aromatic rings. The van der Waals surface area contributed by atoms with Crippen molar-refractivity contribution in [3.05, 3.63) is 53.9 Å². The summed E-state index contributed by atoms with van der Waals surface area (Å²) in [5.74, 6) is -1.63. The molecular weight excluding hydrogens is 220 g/mol. The van der Waals surface area contributed by atoms with Crippen LogP contribution in [0.25, 0.3) is 11.1 Å². The predicted molar refractivity (Wildman–Crippen MR) is 63.6 cm³/mol. The second kappa shape index (κ2) is 5.04. The molecule has 88 valence electrons. The molecule has 0 saturated heterocycles. The van der Waals surface area contributed by atoms with Crippen LogP contribution in [0.4, 0.5) is 8.78 Å². The van der Waals surface area contributed by atoms with Crippen molar-refractivity contribution in [2.24, 2.45) is 0 Å². The van der Waals surface area contributed by atoms with Gasteiger partial charge in [0.05, 0.1) is 0 Å². The van der Waals surface area contributed by atoms with Gasteiger partial charge in [0.25, 0.3) is 0 Å². The molecule has 0 fully saturated rings. The first kappa shape index (κ1) is 11.7. The highest BCUT2D eigenvalue weighted by atomic mass is 19.2. The maximum atomic E-state index is 13.7. The highest BCUT2D eigenvalue weighted by Crippen LogP contribution is 2.27. The van der Waals surface area contributed by atoms with Crippen LogP contribution in [0.15, 0.2) is 36.5 Å². The monoisotopic (exact) mass is 233 g/mol. The summed E-state index contributed by atoms with van der Waals surface area (Å²) in [5.41, 5.74) is 1.76. The molecule has 0 N–H and O–H groups in total.